The Balaban J connectivity index is 1.84. The summed E-state index contributed by atoms with van der Waals surface area (Å²) in [6.07, 6.45) is 0.105. The lowest BCUT2D eigenvalue weighted by Crippen LogP contribution is -2.28. The predicted molar refractivity (Wildman–Crippen MR) is 105 cm³/mol. The smallest absolute Gasteiger partial charge is 0.416 e. The Morgan fingerprint density at radius 3 is 2.34 bits per heavy atom. The molecule has 0 saturated heterocycles. The van der Waals surface area contributed by atoms with Crippen LogP contribution in [0.25, 0.3) is 11.5 Å². The van der Waals surface area contributed by atoms with Gasteiger partial charge in [0.2, 0.25) is 0 Å². The maximum atomic E-state index is 13.0. The van der Waals surface area contributed by atoms with Crippen molar-refractivity contribution in [3.05, 3.63) is 64.3 Å². The molecule has 0 radical (unpaired) electrons. The van der Waals surface area contributed by atoms with Gasteiger partial charge in [-0.25, -0.2) is 15.0 Å². The first-order valence-corrected chi connectivity index (χ1v) is 9.60. The minimum absolute atomic E-state index is 0.0256. The highest BCUT2D eigenvalue weighted by Gasteiger charge is 2.32. The largest absolute Gasteiger partial charge is 0.432 e. The minimum Gasteiger partial charge on any atom is -0.432 e. The lowest BCUT2D eigenvalue weighted by Gasteiger charge is -2.16. The number of hydrogen-bond acceptors (Lipinski definition) is 6. The molecule has 168 valence electrons. The summed E-state index contributed by atoms with van der Waals surface area (Å²) >= 11 is 2.97. The van der Waals surface area contributed by atoms with E-state index < -0.39 is 30.3 Å². The molecule has 0 aliphatic carbocycles. The van der Waals surface area contributed by atoms with Gasteiger partial charge in [-0.2, -0.15) is 22.0 Å². The summed E-state index contributed by atoms with van der Waals surface area (Å²) in [6.45, 7) is -1.50. The summed E-state index contributed by atoms with van der Waals surface area (Å²) in [6, 6.07) is 2.04. The molecule has 32 heavy (non-hydrogen) atoms. The monoisotopic (exact) mass is 517 g/mol. The van der Waals surface area contributed by atoms with E-state index in [2.05, 4.69) is 45.9 Å². The van der Waals surface area contributed by atoms with Gasteiger partial charge in [-0.3, -0.25) is 9.78 Å². The van der Waals surface area contributed by atoms with Crippen molar-refractivity contribution in [3.63, 3.8) is 0 Å². The zero-order valence-electron chi connectivity index (χ0n) is 16.1. The average molecular weight is 518 g/mol. The fourth-order valence-corrected chi connectivity index (χ4v) is 3.17. The summed E-state index contributed by atoms with van der Waals surface area (Å²) in [5.41, 5.74) is -0.832. The van der Waals surface area contributed by atoms with Crippen molar-refractivity contribution in [1.82, 2.24) is 25.3 Å². The van der Waals surface area contributed by atoms with Gasteiger partial charge in [0.1, 0.15) is 5.69 Å². The molecular weight excluding hydrogens is 505 g/mol. The Bertz CT molecular complexity index is 1110. The van der Waals surface area contributed by atoms with Crippen molar-refractivity contribution in [2.24, 2.45) is 0 Å². The number of carbonyl (C=O) groups is 1. The van der Waals surface area contributed by atoms with E-state index in [1.54, 1.807) is 6.92 Å². The van der Waals surface area contributed by atoms with Crippen LogP contribution in [0.15, 0.2) is 47.5 Å². The Labute approximate surface area is 186 Å². The van der Waals surface area contributed by atoms with Crippen LogP contribution in [0.4, 0.5) is 22.0 Å². The molecule has 7 nitrogen and oxygen atoms in total. The van der Waals surface area contributed by atoms with Crippen LogP contribution < -0.4 is 10.1 Å². The number of carbonyl (C=O) groups excluding carboxylic acids is 1. The molecule has 0 saturated carbocycles. The van der Waals surface area contributed by atoms with Gasteiger partial charge in [0.05, 0.1) is 29.7 Å². The highest BCUT2D eigenvalue weighted by molar-refractivity contribution is 9.10. The SMILES string of the molecule is CC(NC(=O)c1cc(Br)cc(C(F)(F)F)c1)c1nccnc1-c1ncc(OC(F)F)cn1. The number of amides is 1. The van der Waals surface area contributed by atoms with E-state index in [4.69, 9.17) is 0 Å². The van der Waals surface area contributed by atoms with Crippen LogP contribution in [0.3, 0.4) is 0 Å². The Morgan fingerprint density at radius 1 is 1.06 bits per heavy atom. The van der Waals surface area contributed by atoms with Crippen molar-refractivity contribution in [3.8, 4) is 17.3 Å². The normalized spacial score (nSPS) is 12.5. The molecule has 2 heterocycles. The third kappa shape index (κ3) is 5.72. The maximum absolute atomic E-state index is 13.0. The van der Waals surface area contributed by atoms with Crippen molar-refractivity contribution in [1.29, 1.82) is 0 Å². The number of benzene rings is 1. The highest BCUT2D eigenvalue weighted by Crippen LogP contribution is 2.32. The molecule has 0 aliphatic rings. The number of aromatic nitrogens is 4. The topological polar surface area (TPSA) is 89.9 Å². The van der Waals surface area contributed by atoms with Crippen LogP contribution in [0, 0.1) is 0 Å². The van der Waals surface area contributed by atoms with Crippen molar-refractivity contribution in [2.45, 2.75) is 25.8 Å². The van der Waals surface area contributed by atoms with Gasteiger partial charge in [-0.1, -0.05) is 15.9 Å². The molecule has 13 heteroatoms. The molecule has 0 spiro atoms. The van der Waals surface area contributed by atoms with E-state index >= 15 is 0 Å². The average Bonchev–Trinajstić information content (AvgIpc) is 2.72. The summed E-state index contributed by atoms with van der Waals surface area (Å²) in [5, 5.41) is 2.56. The number of nitrogens with zero attached hydrogens (tertiary/aromatic N) is 4. The fourth-order valence-electron chi connectivity index (χ4n) is 2.67. The number of nitrogens with one attached hydrogen (secondary N) is 1. The van der Waals surface area contributed by atoms with E-state index in [1.165, 1.54) is 18.5 Å². The lowest BCUT2D eigenvalue weighted by molar-refractivity contribution is -0.137. The van der Waals surface area contributed by atoms with Gasteiger partial charge in [0, 0.05) is 22.4 Å². The predicted octanol–water partition coefficient (Wildman–Crippen LogP) is 4.81. The molecule has 0 fully saturated rings. The first-order valence-electron chi connectivity index (χ1n) is 8.81. The first-order chi connectivity index (χ1) is 15.0. The standard InChI is InChI=1S/C19H13BrF5N5O2/c1-9(30-17(31)10-4-11(19(23,24)25)6-12(20)5-10)14-15(27-3-2-26-14)16-28-7-13(8-29-16)32-18(21)22/h2-9,18H,1H3,(H,30,31). The molecule has 0 aliphatic heterocycles. The zero-order valence-corrected chi connectivity index (χ0v) is 17.7. The van der Waals surface area contributed by atoms with Crippen LogP contribution >= 0.6 is 15.9 Å². The van der Waals surface area contributed by atoms with E-state index in [0.29, 0.717) is 0 Å². The van der Waals surface area contributed by atoms with E-state index in [9.17, 15) is 26.7 Å². The third-order valence-corrected chi connectivity index (χ3v) is 4.49. The molecule has 3 aromatic rings. The van der Waals surface area contributed by atoms with E-state index in [-0.39, 0.29) is 33.0 Å². The zero-order chi connectivity index (χ0) is 23.5. The molecule has 1 atom stereocenters. The van der Waals surface area contributed by atoms with Crippen LogP contribution in [-0.2, 0) is 6.18 Å². The molecular formula is C19H13BrF5N5O2. The summed E-state index contributed by atoms with van der Waals surface area (Å²) in [5.74, 6) is -1.01. The second-order valence-corrected chi connectivity index (χ2v) is 7.25. The number of rotatable bonds is 6. The number of hydrogen-bond donors (Lipinski definition) is 1. The Hall–Kier alpha value is -3.22. The molecule has 0 bridgehead atoms. The number of alkyl halides is 5. The van der Waals surface area contributed by atoms with Crippen LogP contribution in [-0.4, -0.2) is 32.5 Å². The quantitative estimate of drug-likeness (QED) is 0.472. The lowest BCUT2D eigenvalue weighted by atomic mass is 10.1. The molecule has 1 amide bonds. The van der Waals surface area contributed by atoms with Gasteiger partial charge in [0.15, 0.2) is 11.6 Å². The van der Waals surface area contributed by atoms with Crippen molar-refractivity contribution in [2.75, 3.05) is 0 Å². The fraction of sp³-hybridized carbons (Fsp3) is 0.211. The summed E-state index contributed by atoms with van der Waals surface area (Å²) < 4.78 is 68.0. The minimum atomic E-state index is -4.62. The van der Waals surface area contributed by atoms with Crippen molar-refractivity contribution >= 4 is 21.8 Å². The van der Waals surface area contributed by atoms with Gasteiger partial charge < -0.3 is 10.1 Å². The van der Waals surface area contributed by atoms with Crippen LogP contribution in [0.2, 0.25) is 0 Å². The van der Waals surface area contributed by atoms with E-state index in [0.717, 1.165) is 24.5 Å². The second-order valence-electron chi connectivity index (χ2n) is 6.33. The van der Waals surface area contributed by atoms with E-state index in [1.807, 2.05) is 0 Å². The van der Waals surface area contributed by atoms with Gasteiger partial charge in [-0.05, 0) is 25.1 Å². The highest BCUT2D eigenvalue weighted by atomic mass is 79.9. The summed E-state index contributed by atoms with van der Waals surface area (Å²) in [4.78, 5) is 28.7. The van der Waals surface area contributed by atoms with Crippen molar-refractivity contribution < 1.29 is 31.5 Å². The maximum Gasteiger partial charge on any atom is 0.416 e. The Morgan fingerprint density at radius 2 is 1.72 bits per heavy atom. The first kappa shape index (κ1) is 23.4. The Kier molecular flexibility index (Phi) is 6.96. The van der Waals surface area contributed by atoms with Crippen LogP contribution in [0.1, 0.15) is 34.6 Å². The summed E-state index contributed by atoms with van der Waals surface area (Å²) in [7, 11) is 0. The molecule has 1 unspecified atom stereocenters. The third-order valence-electron chi connectivity index (χ3n) is 4.04. The second kappa shape index (κ2) is 9.51. The van der Waals surface area contributed by atoms with Crippen LogP contribution in [0.5, 0.6) is 5.75 Å². The molecule has 3 rings (SSSR count). The number of ether oxygens (including phenoxy) is 1. The molecule has 1 aromatic carbocycles. The molecule has 1 N–H and O–H groups in total. The number of halogens is 6. The van der Waals surface area contributed by atoms with Gasteiger partial charge >= 0.3 is 12.8 Å². The van der Waals surface area contributed by atoms with Gasteiger partial charge in [0.25, 0.3) is 5.91 Å². The molecule has 2 aromatic heterocycles. The van der Waals surface area contributed by atoms with Gasteiger partial charge in [-0.15, -0.1) is 0 Å².